The SMILES string of the molecule is CCC(O)(CC)CNC(=O)c1ccc(CNC(=O)C2CCCC2)cc1. The molecule has 0 heterocycles. The third-order valence-corrected chi connectivity index (χ3v) is 5.30. The number of nitrogens with one attached hydrogen (secondary N) is 2. The van der Waals surface area contributed by atoms with Crippen LogP contribution in [0.5, 0.6) is 0 Å². The fourth-order valence-electron chi connectivity index (χ4n) is 3.14. The lowest BCUT2D eigenvalue weighted by Gasteiger charge is -2.25. The number of hydrogen-bond donors (Lipinski definition) is 3. The summed E-state index contributed by atoms with van der Waals surface area (Å²) in [6.07, 6.45) is 5.48. The second-order valence-electron chi connectivity index (χ2n) is 7.01. The summed E-state index contributed by atoms with van der Waals surface area (Å²) in [5.74, 6) is 0.112. The van der Waals surface area contributed by atoms with Crippen LogP contribution >= 0.6 is 0 Å². The number of rotatable bonds is 8. The van der Waals surface area contributed by atoms with Crippen molar-refractivity contribution in [2.75, 3.05) is 6.54 Å². The zero-order valence-corrected chi connectivity index (χ0v) is 15.3. The Kier molecular flexibility index (Phi) is 7.00. The largest absolute Gasteiger partial charge is 0.388 e. The minimum Gasteiger partial charge on any atom is -0.388 e. The molecule has 5 nitrogen and oxygen atoms in total. The minimum absolute atomic E-state index is 0.137. The van der Waals surface area contributed by atoms with Gasteiger partial charge in [0.2, 0.25) is 5.91 Å². The molecule has 1 saturated carbocycles. The van der Waals surface area contributed by atoms with Crippen molar-refractivity contribution in [3.8, 4) is 0 Å². The summed E-state index contributed by atoms with van der Waals surface area (Å²) in [6, 6.07) is 7.22. The Morgan fingerprint density at radius 2 is 1.68 bits per heavy atom. The van der Waals surface area contributed by atoms with Gasteiger partial charge in [0.25, 0.3) is 5.91 Å². The molecule has 0 spiro atoms. The topological polar surface area (TPSA) is 78.4 Å². The van der Waals surface area contributed by atoms with Gasteiger partial charge in [0.05, 0.1) is 5.60 Å². The van der Waals surface area contributed by atoms with Gasteiger partial charge < -0.3 is 15.7 Å². The molecule has 1 fully saturated rings. The van der Waals surface area contributed by atoms with Crippen molar-refractivity contribution in [3.63, 3.8) is 0 Å². The van der Waals surface area contributed by atoms with Crippen LogP contribution in [0.3, 0.4) is 0 Å². The summed E-state index contributed by atoms with van der Waals surface area (Å²) in [7, 11) is 0. The highest BCUT2D eigenvalue weighted by Crippen LogP contribution is 2.24. The molecule has 1 aliphatic rings. The van der Waals surface area contributed by atoms with Gasteiger partial charge in [-0.05, 0) is 43.4 Å². The van der Waals surface area contributed by atoms with Gasteiger partial charge in [-0.15, -0.1) is 0 Å². The summed E-state index contributed by atoms with van der Waals surface area (Å²) in [6.45, 7) is 4.55. The van der Waals surface area contributed by atoms with Crippen LogP contribution in [0.15, 0.2) is 24.3 Å². The molecule has 25 heavy (non-hydrogen) atoms. The van der Waals surface area contributed by atoms with Crippen LogP contribution < -0.4 is 10.6 Å². The fourth-order valence-corrected chi connectivity index (χ4v) is 3.14. The number of carbonyl (C=O) groups excluding carboxylic acids is 2. The Labute approximate surface area is 150 Å². The van der Waals surface area contributed by atoms with E-state index < -0.39 is 5.60 Å². The van der Waals surface area contributed by atoms with Gasteiger partial charge in [0, 0.05) is 24.6 Å². The number of hydrogen-bond acceptors (Lipinski definition) is 3. The van der Waals surface area contributed by atoms with Crippen LogP contribution in [-0.4, -0.2) is 29.1 Å². The van der Waals surface area contributed by atoms with Gasteiger partial charge in [-0.1, -0.05) is 38.8 Å². The number of carbonyl (C=O) groups is 2. The van der Waals surface area contributed by atoms with Crippen molar-refractivity contribution in [1.29, 1.82) is 0 Å². The second kappa shape index (κ2) is 8.99. The van der Waals surface area contributed by atoms with Gasteiger partial charge in [-0.3, -0.25) is 9.59 Å². The van der Waals surface area contributed by atoms with Crippen LogP contribution in [0.25, 0.3) is 0 Å². The van der Waals surface area contributed by atoms with E-state index >= 15 is 0 Å². The fraction of sp³-hybridized carbons (Fsp3) is 0.600. The molecular weight excluding hydrogens is 316 g/mol. The average Bonchev–Trinajstić information content (AvgIpc) is 3.19. The number of benzene rings is 1. The maximum Gasteiger partial charge on any atom is 0.251 e. The van der Waals surface area contributed by atoms with E-state index in [0.717, 1.165) is 31.2 Å². The molecule has 0 bridgehead atoms. The van der Waals surface area contributed by atoms with Crippen molar-refractivity contribution in [2.24, 2.45) is 5.92 Å². The van der Waals surface area contributed by atoms with Gasteiger partial charge in [-0.2, -0.15) is 0 Å². The van der Waals surface area contributed by atoms with E-state index in [-0.39, 0.29) is 24.3 Å². The number of aliphatic hydroxyl groups is 1. The first-order chi connectivity index (χ1) is 12.0. The minimum atomic E-state index is -0.847. The summed E-state index contributed by atoms with van der Waals surface area (Å²) in [4.78, 5) is 24.2. The smallest absolute Gasteiger partial charge is 0.251 e. The van der Waals surface area contributed by atoms with Gasteiger partial charge in [0.1, 0.15) is 0 Å². The molecule has 3 N–H and O–H groups in total. The molecule has 0 atom stereocenters. The molecule has 2 rings (SSSR count). The zero-order valence-electron chi connectivity index (χ0n) is 15.3. The molecule has 1 aromatic carbocycles. The molecule has 0 aromatic heterocycles. The zero-order chi connectivity index (χ0) is 18.3. The first kappa shape index (κ1) is 19.4. The van der Waals surface area contributed by atoms with Crippen LogP contribution in [0, 0.1) is 5.92 Å². The molecule has 0 saturated heterocycles. The molecule has 1 aliphatic carbocycles. The van der Waals surface area contributed by atoms with E-state index in [9.17, 15) is 14.7 Å². The van der Waals surface area contributed by atoms with E-state index in [4.69, 9.17) is 0 Å². The molecule has 1 aromatic rings. The second-order valence-corrected chi connectivity index (χ2v) is 7.01. The molecule has 0 aliphatic heterocycles. The van der Waals surface area contributed by atoms with Crippen LogP contribution in [-0.2, 0) is 11.3 Å². The van der Waals surface area contributed by atoms with Gasteiger partial charge >= 0.3 is 0 Å². The molecule has 0 radical (unpaired) electrons. The van der Waals surface area contributed by atoms with Gasteiger partial charge in [0.15, 0.2) is 0 Å². The maximum atomic E-state index is 12.2. The van der Waals surface area contributed by atoms with Crippen molar-refractivity contribution in [1.82, 2.24) is 10.6 Å². The monoisotopic (exact) mass is 346 g/mol. The highest BCUT2D eigenvalue weighted by atomic mass is 16.3. The Morgan fingerprint density at radius 3 is 2.24 bits per heavy atom. The van der Waals surface area contributed by atoms with E-state index in [1.54, 1.807) is 12.1 Å². The predicted molar refractivity (Wildman–Crippen MR) is 98.1 cm³/mol. The highest BCUT2D eigenvalue weighted by Gasteiger charge is 2.23. The molecule has 0 unspecified atom stereocenters. The maximum absolute atomic E-state index is 12.2. The van der Waals surface area contributed by atoms with Crippen LogP contribution in [0.4, 0.5) is 0 Å². The summed E-state index contributed by atoms with van der Waals surface area (Å²) in [5, 5.41) is 16.0. The summed E-state index contributed by atoms with van der Waals surface area (Å²) >= 11 is 0. The third kappa shape index (κ3) is 5.56. The Hall–Kier alpha value is -1.88. The number of amides is 2. The molecule has 2 amide bonds. The molecule has 5 heteroatoms. The van der Waals surface area contributed by atoms with Crippen molar-refractivity contribution in [2.45, 2.75) is 64.5 Å². The predicted octanol–water partition coefficient (Wildman–Crippen LogP) is 2.77. The van der Waals surface area contributed by atoms with Crippen LogP contribution in [0.2, 0.25) is 0 Å². The lowest BCUT2D eigenvalue weighted by Crippen LogP contribution is -2.42. The Morgan fingerprint density at radius 1 is 1.08 bits per heavy atom. The molecule has 138 valence electrons. The lowest BCUT2D eigenvalue weighted by atomic mass is 9.97. The normalized spacial score (nSPS) is 15.2. The standard InChI is InChI=1S/C20H30N2O3/c1-3-20(25,4-2)14-22-19(24)17-11-9-15(10-12-17)13-21-18(23)16-7-5-6-8-16/h9-12,16,25H,3-8,13-14H2,1-2H3,(H,21,23)(H,22,24). The van der Waals surface area contributed by atoms with Gasteiger partial charge in [-0.25, -0.2) is 0 Å². The average molecular weight is 346 g/mol. The van der Waals surface area contributed by atoms with E-state index in [2.05, 4.69) is 10.6 Å². The summed E-state index contributed by atoms with van der Waals surface area (Å²) in [5.41, 5.74) is 0.682. The van der Waals surface area contributed by atoms with Crippen molar-refractivity contribution < 1.29 is 14.7 Å². The molecular formula is C20H30N2O3. The van der Waals surface area contributed by atoms with Crippen molar-refractivity contribution >= 4 is 11.8 Å². The van der Waals surface area contributed by atoms with E-state index in [1.807, 2.05) is 26.0 Å². The van der Waals surface area contributed by atoms with E-state index in [1.165, 1.54) is 0 Å². The quantitative estimate of drug-likeness (QED) is 0.677. The van der Waals surface area contributed by atoms with Crippen molar-refractivity contribution in [3.05, 3.63) is 35.4 Å². The highest BCUT2D eigenvalue weighted by molar-refractivity contribution is 5.94. The van der Waals surface area contributed by atoms with Crippen LogP contribution in [0.1, 0.15) is 68.3 Å². The third-order valence-electron chi connectivity index (χ3n) is 5.30. The Balaban J connectivity index is 1.82. The lowest BCUT2D eigenvalue weighted by molar-refractivity contribution is -0.124. The van der Waals surface area contributed by atoms with E-state index in [0.29, 0.717) is 24.9 Å². The first-order valence-electron chi connectivity index (χ1n) is 9.34. The summed E-state index contributed by atoms with van der Waals surface area (Å²) < 4.78 is 0. The Bertz CT molecular complexity index is 573. The first-order valence-corrected chi connectivity index (χ1v) is 9.34.